The van der Waals surface area contributed by atoms with Gasteiger partial charge in [0.25, 0.3) is 0 Å². The maximum atomic E-state index is 5.39. The number of nitrogens with one attached hydrogen (secondary N) is 1. The standard InChI is InChI=1S/C12H15N3O2S/c1-13-12(10-7-14-18-15-10)9-6-8(16-2)4-5-11(9)17-3/h4-7,12-13H,1-3H3. The predicted molar refractivity (Wildman–Crippen MR) is 70.4 cm³/mol. The molecule has 96 valence electrons. The summed E-state index contributed by atoms with van der Waals surface area (Å²) in [6.45, 7) is 0. The molecule has 2 aromatic rings. The largest absolute Gasteiger partial charge is 0.497 e. The molecule has 0 fully saturated rings. The van der Waals surface area contributed by atoms with Crippen LogP contribution in [0.4, 0.5) is 0 Å². The lowest BCUT2D eigenvalue weighted by atomic mass is 10.0. The van der Waals surface area contributed by atoms with Gasteiger partial charge in [-0.2, -0.15) is 8.75 Å². The molecule has 1 aromatic heterocycles. The van der Waals surface area contributed by atoms with E-state index in [0.29, 0.717) is 0 Å². The Labute approximate surface area is 110 Å². The number of hydrogen-bond donors (Lipinski definition) is 1. The van der Waals surface area contributed by atoms with Crippen LogP contribution in [0.2, 0.25) is 0 Å². The normalized spacial score (nSPS) is 12.2. The lowest BCUT2D eigenvalue weighted by Crippen LogP contribution is -2.18. The summed E-state index contributed by atoms with van der Waals surface area (Å²) in [5.74, 6) is 1.58. The van der Waals surface area contributed by atoms with Gasteiger partial charge in [-0.1, -0.05) is 0 Å². The molecule has 0 saturated heterocycles. The van der Waals surface area contributed by atoms with Crippen molar-refractivity contribution in [2.75, 3.05) is 21.3 Å². The highest BCUT2D eigenvalue weighted by atomic mass is 32.1. The van der Waals surface area contributed by atoms with Crippen molar-refractivity contribution < 1.29 is 9.47 Å². The summed E-state index contributed by atoms with van der Waals surface area (Å²) >= 11 is 1.19. The van der Waals surface area contributed by atoms with Gasteiger partial charge in [-0.25, -0.2) is 0 Å². The molecule has 18 heavy (non-hydrogen) atoms. The monoisotopic (exact) mass is 265 g/mol. The van der Waals surface area contributed by atoms with Gasteiger partial charge in [0.2, 0.25) is 0 Å². The van der Waals surface area contributed by atoms with Crippen molar-refractivity contribution in [3.63, 3.8) is 0 Å². The second-order valence-corrected chi connectivity index (χ2v) is 4.22. The molecule has 0 aliphatic heterocycles. The number of ether oxygens (including phenoxy) is 2. The lowest BCUT2D eigenvalue weighted by molar-refractivity contribution is 0.394. The van der Waals surface area contributed by atoms with E-state index in [1.54, 1.807) is 20.4 Å². The number of nitrogens with zero attached hydrogens (tertiary/aromatic N) is 2. The van der Waals surface area contributed by atoms with E-state index >= 15 is 0 Å². The first-order valence-corrected chi connectivity index (χ1v) is 6.19. The van der Waals surface area contributed by atoms with E-state index in [1.807, 2.05) is 25.2 Å². The van der Waals surface area contributed by atoms with Crippen molar-refractivity contribution in [3.8, 4) is 11.5 Å². The first-order chi connectivity index (χ1) is 8.80. The zero-order valence-corrected chi connectivity index (χ0v) is 11.3. The van der Waals surface area contributed by atoms with Gasteiger partial charge in [-0.15, -0.1) is 0 Å². The highest BCUT2D eigenvalue weighted by Gasteiger charge is 2.19. The van der Waals surface area contributed by atoms with Crippen LogP contribution in [-0.2, 0) is 0 Å². The molecule has 1 atom stereocenters. The quantitative estimate of drug-likeness (QED) is 0.894. The Kier molecular flexibility index (Phi) is 4.11. The highest BCUT2D eigenvalue weighted by Crippen LogP contribution is 2.32. The molecule has 0 radical (unpaired) electrons. The van der Waals surface area contributed by atoms with Crippen molar-refractivity contribution in [2.45, 2.75) is 6.04 Å². The minimum Gasteiger partial charge on any atom is -0.497 e. The Morgan fingerprint density at radius 1 is 1.28 bits per heavy atom. The summed E-state index contributed by atoms with van der Waals surface area (Å²) in [5, 5.41) is 3.22. The number of hydrogen-bond acceptors (Lipinski definition) is 6. The Hall–Kier alpha value is -1.66. The van der Waals surface area contributed by atoms with Gasteiger partial charge in [0.15, 0.2) is 0 Å². The summed E-state index contributed by atoms with van der Waals surface area (Å²) in [5.41, 5.74) is 1.85. The van der Waals surface area contributed by atoms with E-state index in [9.17, 15) is 0 Å². The Balaban J connectivity index is 2.46. The summed E-state index contributed by atoms with van der Waals surface area (Å²) in [6.07, 6.45) is 1.75. The molecule has 0 aliphatic carbocycles. The summed E-state index contributed by atoms with van der Waals surface area (Å²) < 4.78 is 18.9. The fourth-order valence-electron chi connectivity index (χ4n) is 1.83. The van der Waals surface area contributed by atoms with E-state index < -0.39 is 0 Å². The average molecular weight is 265 g/mol. The smallest absolute Gasteiger partial charge is 0.124 e. The van der Waals surface area contributed by atoms with Crippen LogP contribution in [0.25, 0.3) is 0 Å². The van der Waals surface area contributed by atoms with Crippen molar-refractivity contribution >= 4 is 11.7 Å². The maximum absolute atomic E-state index is 5.39. The van der Waals surface area contributed by atoms with Crippen molar-refractivity contribution in [2.24, 2.45) is 0 Å². The van der Waals surface area contributed by atoms with Gasteiger partial charge in [-0.05, 0) is 25.2 Å². The Morgan fingerprint density at radius 3 is 2.67 bits per heavy atom. The molecule has 0 amide bonds. The van der Waals surface area contributed by atoms with Crippen molar-refractivity contribution in [1.82, 2.24) is 14.1 Å². The number of benzene rings is 1. The summed E-state index contributed by atoms with van der Waals surface area (Å²) in [6, 6.07) is 5.64. The first kappa shape index (κ1) is 12.8. The molecule has 5 nitrogen and oxygen atoms in total. The molecule has 0 bridgehead atoms. The second kappa shape index (κ2) is 5.79. The van der Waals surface area contributed by atoms with Gasteiger partial charge in [0.05, 0.1) is 43.9 Å². The molecule has 0 saturated carbocycles. The Bertz CT molecular complexity index is 502. The molecule has 2 rings (SSSR count). The fraction of sp³-hybridized carbons (Fsp3) is 0.333. The average Bonchev–Trinajstić information content (AvgIpc) is 2.93. The van der Waals surface area contributed by atoms with Crippen LogP contribution in [0.5, 0.6) is 11.5 Å². The highest BCUT2D eigenvalue weighted by molar-refractivity contribution is 6.99. The third kappa shape index (κ3) is 2.44. The molecular weight excluding hydrogens is 250 g/mol. The van der Waals surface area contributed by atoms with Crippen LogP contribution < -0.4 is 14.8 Å². The van der Waals surface area contributed by atoms with E-state index in [4.69, 9.17) is 9.47 Å². The van der Waals surface area contributed by atoms with Gasteiger partial charge in [-0.3, -0.25) is 0 Å². The molecule has 1 heterocycles. The third-order valence-corrected chi connectivity index (χ3v) is 3.20. The van der Waals surface area contributed by atoms with Crippen LogP contribution in [0.15, 0.2) is 24.4 Å². The molecule has 6 heteroatoms. The fourth-order valence-corrected chi connectivity index (χ4v) is 2.28. The van der Waals surface area contributed by atoms with E-state index in [-0.39, 0.29) is 6.04 Å². The second-order valence-electron chi connectivity index (χ2n) is 3.66. The van der Waals surface area contributed by atoms with E-state index in [0.717, 1.165) is 22.8 Å². The Morgan fingerprint density at radius 2 is 2.11 bits per heavy atom. The minimum absolute atomic E-state index is 0.0613. The van der Waals surface area contributed by atoms with Gasteiger partial charge in [0, 0.05) is 5.56 Å². The zero-order valence-electron chi connectivity index (χ0n) is 10.5. The number of aromatic nitrogens is 2. The van der Waals surface area contributed by atoms with Crippen molar-refractivity contribution in [1.29, 1.82) is 0 Å². The topological polar surface area (TPSA) is 56.3 Å². The van der Waals surface area contributed by atoms with Crippen LogP contribution in [-0.4, -0.2) is 30.0 Å². The van der Waals surface area contributed by atoms with E-state index in [1.165, 1.54) is 11.7 Å². The summed E-state index contributed by atoms with van der Waals surface area (Å²) in [7, 11) is 5.17. The molecule has 0 spiro atoms. The van der Waals surface area contributed by atoms with Crippen LogP contribution in [0.1, 0.15) is 17.3 Å². The van der Waals surface area contributed by atoms with Gasteiger partial charge >= 0.3 is 0 Å². The van der Waals surface area contributed by atoms with Gasteiger partial charge in [0.1, 0.15) is 11.5 Å². The van der Waals surface area contributed by atoms with Crippen LogP contribution >= 0.6 is 11.7 Å². The van der Waals surface area contributed by atoms with Crippen LogP contribution in [0, 0.1) is 0 Å². The number of methoxy groups -OCH3 is 2. The summed E-state index contributed by atoms with van der Waals surface area (Å²) in [4.78, 5) is 0. The van der Waals surface area contributed by atoms with Crippen molar-refractivity contribution in [3.05, 3.63) is 35.7 Å². The molecule has 1 unspecified atom stereocenters. The van der Waals surface area contributed by atoms with E-state index in [2.05, 4.69) is 14.1 Å². The van der Waals surface area contributed by atoms with Crippen LogP contribution in [0.3, 0.4) is 0 Å². The lowest BCUT2D eigenvalue weighted by Gasteiger charge is -2.18. The zero-order chi connectivity index (χ0) is 13.0. The number of rotatable bonds is 5. The first-order valence-electron chi connectivity index (χ1n) is 5.46. The SMILES string of the molecule is CNC(c1cnsn1)c1cc(OC)ccc1OC. The van der Waals surface area contributed by atoms with Gasteiger partial charge < -0.3 is 14.8 Å². The maximum Gasteiger partial charge on any atom is 0.124 e. The minimum atomic E-state index is -0.0613. The molecular formula is C12H15N3O2S. The molecule has 1 N–H and O–H groups in total. The molecule has 1 aromatic carbocycles. The third-order valence-electron chi connectivity index (χ3n) is 2.71. The molecule has 0 aliphatic rings. The predicted octanol–water partition coefficient (Wildman–Crippen LogP) is 1.86.